The van der Waals surface area contributed by atoms with Crippen LogP contribution in [-0.2, 0) is 11.3 Å². The molecule has 1 aliphatic carbocycles. The Kier molecular flexibility index (Phi) is 7.57. The molecule has 0 atom stereocenters. The molecule has 0 bridgehead atoms. The predicted molar refractivity (Wildman–Crippen MR) is 101 cm³/mol. The van der Waals surface area contributed by atoms with Gasteiger partial charge in [-0.2, -0.15) is 0 Å². The van der Waals surface area contributed by atoms with Crippen LogP contribution in [0.1, 0.15) is 43.2 Å². The number of aryl methyl sites for hydroxylation is 1. The lowest BCUT2D eigenvalue weighted by molar-refractivity contribution is -0.121. The lowest BCUT2D eigenvalue weighted by atomic mass is 10.1. The maximum Gasteiger partial charge on any atom is 0.221 e. The van der Waals surface area contributed by atoms with Gasteiger partial charge in [0.25, 0.3) is 0 Å². The third-order valence-corrected chi connectivity index (χ3v) is 4.48. The van der Waals surface area contributed by atoms with E-state index in [9.17, 15) is 4.79 Å². The van der Waals surface area contributed by atoms with E-state index in [4.69, 9.17) is 4.74 Å². The molecule has 1 fully saturated rings. The number of ether oxygens (including phenoxy) is 1. The highest BCUT2D eigenvalue weighted by Gasteiger charge is 2.16. The molecule has 1 amide bonds. The third-order valence-electron chi connectivity index (χ3n) is 4.48. The van der Waals surface area contributed by atoms with E-state index in [1.165, 1.54) is 12.8 Å². The fourth-order valence-electron chi connectivity index (χ4n) is 3.06. The molecule has 25 heavy (non-hydrogen) atoms. The van der Waals surface area contributed by atoms with E-state index in [0.717, 1.165) is 29.7 Å². The first-order valence-corrected chi connectivity index (χ1v) is 8.99. The van der Waals surface area contributed by atoms with Crippen LogP contribution in [-0.4, -0.2) is 38.6 Å². The summed E-state index contributed by atoms with van der Waals surface area (Å²) >= 11 is 0. The van der Waals surface area contributed by atoms with Gasteiger partial charge in [-0.1, -0.05) is 25.0 Å². The third kappa shape index (κ3) is 6.29. The molecule has 6 heteroatoms. The van der Waals surface area contributed by atoms with Crippen molar-refractivity contribution in [2.75, 3.05) is 20.7 Å². The number of nitrogens with one attached hydrogen (secondary N) is 3. The molecule has 6 nitrogen and oxygen atoms in total. The van der Waals surface area contributed by atoms with Crippen LogP contribution in [0.5, 0.6) is 5.75 Å². The van der Waals surface area contributed by atoms with Crippen molar-refractivity contribution in [3.05, 3.63) is 29.3 Å². The smallest absolute Gasteiger partial charge is 0.221 e. The van der Waals surface area contributed by atoms with E-state index in [-0.39, 0.29) is 5.91 Å². The van der Waals surface area contributed by atoms with Crippen LogP contribution in [0.3, 0.4) is 0 Å². The summed E-state index contributed by atoms with van der Waals surface area (Å²) in [4.78, 5) is 16.1. The molecule has 0 spiro atoms. The van der Waals surface area contributed by atoms with E-state index < -0.39 is 0 Å². The summed E-state index contributed by atoms with van der Waals surface area (Å²) < 4.78 is 5.41. The highest BCUT2D eigenvalue weighted by molar-refractivity contribution is 5.81. The van der Waals surface area contributed by atoms with Gasteiger partial charge in [-0.25, -0.2) is 0 Å². The van der Waals surface area contributed by atoms with Crippen LogP contribution in [0.15, 0.2) is 23.2 Å². The summed E-state index contributed by atoms with van der Waals surface area (Å²) in [7, 11) is 3.40. The Labute approximate surface area is 150 Å². The Balaban J connectivity index is 1.72. The monoisotopic (exact) mass is 346 g/mol. The molecule has 138 valence electrons. The first-order valence-electron chi connectivity index (χ1n) is 8.99. The number of guanidine groups is 1. The highest BCUT2D eigenvalue weighted by Crippen LogP contribution is 2.19. The van der Waals surface area contributed by atoms with Crippen LogP contribution in [0.2, 0.25) is 0 Å². The molecular formula is C19H30N4O2. The Morgan fingerprint density at radius 3 is 2.72 bits per heavy atom. The standard InChI is InChI=1S/C19H30N4O2/c1-14-8-9-15(17(12-14)25-3)13-22-19(20-2)21-11-10-18(24)23-16-6-4-5-7-16/h8-9,12,16H,4-7,10-11,13H2,1-3H3,(H,23,24)(H2,20,21,22). The zero-order valence-corrected chi connectivity index (χ0v) is 15.5. The Morgan fingerprint density at radius 1 is 1.28 bits per heavy atom. The predicted octanol–water partition coefficient (Wildman–Crippen LogP) is 2.12. The number of methoxy groups -OCH3 is 1. The molecule has 1 aromatic rings. The van der Waals surface area contributed by atoms with E-state index in [0.29, 0.717) is 31.5 Å². The van der Waals surface area contributed by atoms with Crippen LogP contribution in [0.25, 0.3) is 0 Å². The molecule has 0 aromatic heterocycles. The number of carbonyl (C=O) groups is 1. The zero-order chi connectivity index (χ0) is 18.1. The minimum atomic E-state index is 0.107. The van der Waals surface area contributed by atoms with E-state index in [1.807, 2.05) is 19.1 Å². The van der Waals surface area contributed by atoms with Gasteiger partial charge in [0.2, 0.25) is 5.91 Å². The molecule has 2 rings (SSSR count). The first kappa shape index (κ1) is 19.1. The van der Waals surface area contributed by atoms with Gasteiger partial charge in [-0.15, -0.1) is 0 Å². The summed E-state index contributed by atoms with van der Waals surface area (Å²) in [5, 5.41) is 9.53. The average Bonchev–Trinajstić information content (AvgIpc) is 3.11. The number of rotatable bonds is 7. The van der Waals surface area contributed by atoms with Gasteiger partial charge < -0.3 is 20.7 Å². The summed E-state index contributed by atoms with van der Waals surface area (Å²) in [6.45, 7) is 3.21. The van der Waals surface area contributed by atoms with Crippen molar-refractivity contribution < 1.29 is 9.53 Å². The van der Waals surface area contributed by atoms with Gasteiger partial charge in [-0.3, -0.25) is 9.79 Å². The summed E-state index contributed by atoms with van der Waals surface area (Å²) in [6.07, 6.45) is 5.12. The number of aliphatic imine (C=N–C) groups is 1. The van der Waals surface area contributed by atoms with Crippen LogP contribution >= 0.6 is 0 Å². The van der Waals surface area contributed by atoms with Crippen molar-refractivity contribution in [3.63, 3.8) is 0 Å². The number of nitrogens with zero attached hydrogens (tertiary/aromatic N) is 1. The molecule has 1 aliphatic rings. The number of benzene rings is 1. The first-order chi connectivity index (χ1) is 12.1. The van der Waals surface area contributed by atoms with Crippen molar-refractivity contribution in [1.29, 1.82) is 0 Å². The van der Waals surface area contributed by atoms with Gasteiger partial charge in [0, 0.05) is 38.2 Å². The molecule has 0 radical (unpaired) electrons. The molecule has 3 N–H and O–H groups in total. The zero-order valence-electron chi connectivity index (χ0n) is 15.5. The van der Waals surface area contributed by atoms with Crippen molar-refractivity contribution in [1.82, 2.24) is 16.0 Å². The van der Waals surface area contributed by atoms with E-state index in [1.54, 1.807) is 14.2 Å². The van der Waals surface area contributed by atoms with Crippen LogP contribution < -0.4 is 20.7 Å². The summed E-state index contributed by atoms with van der Waals surface area (Å²) in [5.74, 6) is 1.64. The summed E-state index contributed by atoms with van der Waals surface area (Å²) in [6, 6.07) is 6.49. The van der Waals surface area contributed by atoms with Crippen molar-refractivity contribution in [2.24, 2.45) is 4.99 Å². The number of amides is 1. The minimum Gasteiger partial charge on any atom is -0.496 e. The van der Waals surface area contributed by atoms with E-state index >= 15 is 0 Å². The Bertz CT molecular complexity index is 595. The van der Waals surface area contributed by atoms with Gasteiger partial charge in [0.1, 0.15) is 5.75 Å². The molecule has 0 heterocycles. The second-order valence-electron chi connectivity index (χ2n) is 6.47. The largest absolute Gasteiger partial charge is 0.496 e. The van der Waals surface area contributed by atoms with Gasteiger partial charge in [0.15, 0.2) is 5.96 Å². The van der Waals surface area contributed by atoms with Gasteiger partial charge in [0.05, 0.1) is 7.11 Å². The molecule has 0 unspecified atom stereocenters. The van der Waals surface area contributed by atoms with E-state index in [2.05, 4.69) is 27.0 Å². The maximum atomic E-state index is 11.9. The molecule has 0 saturated heterocycles. The SMILES string of the molecule is CN=C(NCCC(=O)NC1CCCC1)NCc1ccc(C)cc1OC. The van der Waals surface area contributed by atoms with Crippen LogP contribution in [0, 0.1) is 6.92 Å². The fraction of sp³-hybridized carbons (Fsp3) is 0.579. The molecule has 0 aliphatic heterocycles. The lowest BCUT2D eigenvalue weighted by Gasteiger charge is -2.15. The number of hydrogen-bond donors (Lipinski definition) is 3. The molecule has 1 aromatic carbocycles. The minimum absolute atomic E-state index is 0.107. The van der Waals surface area contributed by atoms with Crippen molar-refractivity contribution in [2.45, 2.75) is 51.6 Å². The average molecular weight is 346 g/mol. The number of hydrogen-bond acceptors (Lipinski definition) is 3. The highest BCUT2D eigenvalue weighted by atomic mass is 16.5. The second-order valence-corrected chi connectivity index (χ2v) is 6.47. The number of carbonyl (C=O) groups excluding carboxylic acids is 1. The van der Waals surface area contributed by atoms with Gasteiger partial charge >= 0.3 is 0 Å². The quantitative estimate of drug-likeness (QED) is 0.522. The maximum absolute atomic E-state index is 11.9. The topological polar surface area (TPSA) is 74.8 Å². The Hall–Kier alpha value is -2.24. The van der Waals surface area contributed by atoms with Gasteiger partial charge in [-0.05, 0) is 31.4 Å². The van der Waals surface area contributed by atoms with Crippen LogP contribution in [0.4, 0.5) is 0 Å². The lowest BCUT2D eigenvalue weighted by Crippen LogP contribution is -2.40. The Morgan fingerprint density at radius 2 is 2.04 bits per heavy atom. The molecule has 1 saturated carbocycles. The normalized spacial score (nSPS) is 15.1. The second kappa shape index (κ2) is 9.91. The van der Waals surface area contributed by atoms with Crippen molar-refractivity contribution >= 4 is 11.9 Å². The molecular weight excluding hydrogens is 316 g/mol. The fourth-order valence-corrected chi connectivity index (χ4v) is 3.06. The van der Waals surface area contributed by atoms with Crippen molar-refractivity contribution in [3.8, 4) is 5.75 Å². The summed E-state index contributed by atoms with van der Waals surface area (Å²) in [5.41, 5.74) is 2.23.